The number of hydrogen-bond acceptors (Lipinski definition) is 2. The molecule has 1 aromatic carbocycles. The van der Waals surface area contributed by atoms with Crippen molar-refractivity contribution in [2.45, 2.75) is 52.6 Å². The van der Waals surface area contributed by atoms with Crippen LogP contribution >= 0.6 is 11.6 Å². The van der Waals surface area contributed by atoms with E-state index in [2.05, 4.69) is 60.1 Å². The molecule has 1 N–H and O–H groups in total. The highest BCUT2D eigenvalue weighted by molar-refractivity contribution is 6.31. The number of urea groups is 1. The van der Waals surface area contributed by atoms with E-state index >= 15 is 0 Å². The van der Waals surface area contributed by atoms with Gasteiger partial charge in [-0.3, -0.25) is 4.98 Å². The number of carbonyl (C=O) groups is 1. The SMILES string of the molecule is CCC/C=C\c1c(C)ncc2ccn([C@H]3CN(C(=O)NCc4ccccc4Cl)CC[C@H]3C)c12. The summed E-state index contributed by atoms with van der Waals surface area (Å²) in [6.07, 6.45) is 11.7. The zero-order chi connectivity index (χ0) is 23.4. The molecule has 0 unspecified atom stereocenters. The highest BCUT2D eigenvalue weighted by Crippen LogP contribution is 2.33. The molecule has 33 heavy (non-hydrogen) atoms. The summed E-state index contributed by atoms with van der Waals surface area (Å²) in [5.41, 5.74) is 4.36. The van der Waals surface area contributed by atoms with Crippen molar-refractivity contribution in [2.75, 3.05) is 13.1 Å². The van der Waals surface area contributed by atoms with E-state index in [9.17, 15) is 4.79 Å². The lowest BCUT2D eigenvalue weighted by atomic mass is 9.93. The normalized spacial score (nSPS) is 18.8. The molecule has 1 aliphatic heterocycles. The number of benzene rings is 1. The smallest absolute Gasteiger partial charge is 0.317 e. The number of amides is 2. The van der Waals surface area contributed by atoms with E-state index in [0.29, 0.717) is 24.0 Å². The monoisotopic (exact) mass is 464 g/mol. The third kappa shape index (κ3) is 5.09. The minimum Gasteiger partial charge on any atom is -0.342 e. The molecule has 0 spiro atoms. The summed E-state index contributed by atoms with van der Waals surface area (Å²) in [5, 5.41) is 4.87. The van der Waals surface area contributed by atoms with E-state index in [1.54, 1.807) is 0 Å². The number of pyridine rings is 1. The number of halogens is 1. The number of likely N-dealkylation sites (tertiary alicyclic amines) is 1. The quantitative estimate of drug-likeness (QED) is 0.446. The van der Waals surface area contributed by atoms with Crippen LogP contribution in [0.25, 0.3) is 17.0 Å². The Kier molecular flexibility index (Phi) is 7.39. The van der Waals surface area contributed by atoms with Gasteiger partial charge in [-0.15, -0.1) is 0 Å². The third-order valence-electron chi connectivity index (χ3n) is 6.68. The summed E-state index contributed by atoms with van der Waals surface area (Å²) < 4.78 is 2.37. The van der Waals surface area contributed by atoms with E-state index in [4.69, 9.17) is 11.6 Å². The Morgan fingerprint density at radius 2 is 2.12 bits per heavy atom. The molecular weight excluding hydrogens is 432 g/mol. The van der Waals surface area contributed by atoms with Gasteiger partial charge in [0, 0.05) is 53.7 Å². The van der Waals surface area contributed by atoms with Gasteiger partial charge in [0.1, 0.15) is 0 Å². The number of piperidine rings is 1. The predicted octanol–water partition coefficient (Wildman–Crippen LogP) is 6.60. The number of rotatable bonds is 6. The van der Waals surface area contributed by atoms with Crippen LogP contribution in [0, 0.1) is 12.8 Å². The molecule has 3 aromatic rings. The Balaban J connectivity index is 1.56. The lowest BCUT2D eigenvalue weighted by Gasteiger charge is -2.38. The van der Waals surface area contributed by atoms with Gasteiger partial charge in [0.05, 0.1) is 11.6 Å². The molecule has 6 heteroatoms. The molecular formula is C27H33ClN4O. The molecule has 2 amide bonds. The van der Waals surface area contributed by atoms with Gasteiger partial charge in [0.15, 0.2) is 0 Å². The summed E-state index contributed by atoms with van der Waals surface area (Å²) in [6, 6.07) is 9.94. The van der Waals surface area contributed by atoms with E-state index in [1.165, 1.54) is 11.1 Å². The average molecular weight is 465 g/mol. The van der Waals surface area contributed by atoms with Crippen molar-refractivity contribution in [3.8, 4) is 0 Å². The molecule has 1 aliphatic rings. The number of aromatic nitrogens is 2. The lowest BCUT2D eigenvalue weighted by molar-refractivity contribution is 0.141. The second-order valence-corrected chi connectivity index (χ2v) is 9.41. The van der Waals surface area contributed by atoms with Gasteiger partial charge in [-0.2, -0.15) is 0 Å². The van der Waals surface area contributed by atoms with Crippen LogP contribution in [0.4, 0.5) is 4.79 Å². The average Bonchev–Trinajstić information content (AvgIpc) is 3.24. The van der Waals surface area contributed by atoms with Crippen LogP contribution in [0.5, 0.6) is 0 Å². The maximum Gasteiger partial charge on any atom is 0.317 e. The topological polar surface area (TPSA) is 50.2 Å². The Hall–Kier alpha value is -2.79. The van der Waals surface area contributed by atoms with Crippen molar-refractivity contribution in [3.05, 3.63) is 70.6 Å². The van der Waals surface area contributed by atoms with Gasteiger partial charge in [-0.25, -0.2) is 4.79 Å². The third-order valence-corrected chi connectivity index (χ3v) is 7.05. The summed E-state index contributed by atoms with van der Waals surface area (Å²) >= 11 is 6.25. The summed E-state index contributed by atoms with van der Waals surface area (Å²) in [6.45, 7) is 8.41. The molecule has 2 atom stereocenters. The maximum atomic E-state index is 13.0. The minimum absolute atomic E-state index is 0.0378. The number of fused-ring (bicyclic) bond motifs is 1. The summed E-state index contributed by atoms with van der Waals surface area (Å²) in [4.78, 5) is 19.6. The summed E-state index contributed by atoms with van der Waals surface area (Å²) in [7, 11) is 0. The Morgan fingerprint density at radius 1 is 1.30 bits per heavy atom. The van der Waals surface area contributed by atoms with Crippen LogP contribution in [-0.2, 0) is 6.54 Å². The van der Waals surface area contributed by atoms with Gasteiger partial charge in [0.25, 0.3) is 0 Å². The first kappa shape index (κ1) is 23.4. The van der Waals surface area contributed by atoms with Crippen molar-refractivity contribution in [1.82, 2.24) is 19.8 Å². The molecule has 174 valence electrons. The number of allylic oxidation sites excluding steroid dienone is 1. The lowest BCUT2D eigenvalue weighted by Crippen LogP contribution is -2.47. The van der Waals surface area contributed by atoms with Gasteiger partial charge >= 0.3 is 6.03 Å². The maximum absolute atomic E-state index is 13.0. The molecule has 2 aromatic heterocycles. The van der Waals surface area contributed by atoms with Gasteiger partial charge in [-0.05, 0) is 43.4 Å². The standard InChI is InChI=1S/C27H33ClN4O/c1-4-5-6-10-23-20(3)29-17-22-13-15-32(26(22)23)25-18-31(14-12-19(25)2)27(33)30-16-21-9-7-8-11-24(21)28/h6-11,13,15,17,19,25H,4-5,12,14,16,18H2,1-3H3,(H,30,33)/b10-6-/t19-,25+/m1/s1. The van der Waals surface area contributed by atoms with Gasteiger partial charge in [-0.1, -0.05) is 62.2 Å². The molecule has 1 saturated heterocycles. The molecule has 4 rings (SSSR count). The van der Waals surface area contributed by atoms with Crippen LogP contribution in [0.1, 0.15) is 56.0 Å². The van der Waals surface area contributed by atoms with Gasteiger partial charge in [0.2, 0.25) is 0 Å². The molecule has 1 fully saturated rings. The van der Waals surface area contributed by atoms with Crippen molar-refractivity contribution < 1.29 is 4.79 Å². The van der Waals surface area contributed by atoms with Crippen molar-refractivity contribution >= 4 is 34.6 Å². The Bertz CT molecular complexity index is 1150. The number of unbranched alkanes of at least 4 members (excludes halogenated alkanes) is 1. The molecule has 0 aliphatic carbocycles. The number of hydrogen-bond donors (Lipinski definition) is 1. The van der Waals surface area contributed by atoms with E-state index < -0.39 is 0 Å². The zero-order valence-electron chi connectivity index (χ0n) is 19.7. The molecule has 0 saturated carbocycles. The fourth-order valence-corrected chi connectivity index (χ4v) is 4.84. The highest BCUT2D eigenvalue weighted by Gasteiger charge is 2.31. The van der Waals surface area contributed by atoms with Gasteiger partial charge < -0.3 is 14.8 Å². The number of aryl methyl sites for hydroxylation is 1. The minimum atomic E-state index is -0.0378. The molecule has 0 radical (unpaired) electrons. The number of nitrogens with zero attached hydrogens (tertiary/aromatic N) is 3. The largest absolute Gasteiger partial charge is 0.342 e. The highest BCUT2D eigenvalue weighted by atomic mass is 35.5. The second kappa shape index (κ2) is 10.4. The first-order chi connectivity index (χ1) is 16.0. The van der Waals surface area contributed by atoms with E-state index in [0.717, 1.165) is 42.5 Å². The van der Waals surface area contributed by atoms with Crippen LogP contribution in [0.15, 0.2) is 48.8 Å². The van der Waals surface area contributed by atoms with E-state index in [1.807, 2.05) is 35.4 Å². The van der Waals surface area contributed by atoms with Crippen LogP contribution in [0.2, 0.25) is 5.02 Å². The number of carbonyl (C=O) groups excluding carboxylic acids is 1. The first-order valence-electron chi connectivity index (χ1n) is 11.9. The Labute approximate surface area is 201 Å². The van der Waals surface area contributed by atoms with Crippen molar-refractivity contribution in [3.63, 3.8) is 0 Å². The predicted molar refractivity (Wildman–Crippen MR) is 136 cm³/mol. The zero-order valence-corrected chi connectivity index (χ0v) is 20.5. The number of nitrogens with one attached hydrogen (secondary N) is 1. The van der Waals surface area contributed by atoms with Crippen molar-refractivity contribution in [1.29, 1.82) is 0 Å². The Morgan fingerprint density at radius 3 is 2.91 bits per heavy atom. The molecule has 3 heterocycles. The van der Waals surface area contributed by atoms with Crippen LogP contribution in [-0.4, -0.2) is 33.6 Å². The fourth-order valence-electron chi connectivity index (χ4n) is 4.63. The van der Waals surface area contributed by atoms with E-state index in [-0.39, 0.29) is 12.1 Å². The first-order valence-corrected chi connectivity index (χ1v) is 12.3. The molecule has 5 nitrogen and oxygen atoms in total. The fraction of sp³-hybridized carbons (Fsp3) is 0.407. The second-order valence-electron chi connectivity index (χ2n) is 9.00. The van der Waals surface area contributed by atoms with Crippen LogP contribution < -0.4 is 5.32 Å². The van der Waals surface area contributed by atoms with Crippen LogP contribution in [0.3, 0.4) is 0 Å². The summed E-state index contributed by atoms with van der Waals surface area (Å²) in [5.74, 6) is 0.467. The van der Waals surface area contributed by atoms with Crippen molar-refractivity contribution in [2.24, 2.45) is 5.92 Å². The molecule has 0 bridgehead atoms.